The van der Waals surface area contributed by atoms with Gasteiger partial charge in [0.25, 0.3) is 0 Å². The molecular formula is C16H26N2OS. The lowest BCUT2D eigenvalue weighted by molar-refractivity contribution is 0.0849. The molecule has 1 aromatic rings. The van der Waals surface area contributed by atoms with E-state index in [-0.39, 0.29) is 0 Å². The third-order valence-electron chi connectivity index (χ3n) is 3.93. The standard InChI is InChI=1S/C16H26N2OS/c1-12(20-4)15-6-5-14(13-7-9-19-10-8-13)16(17-15)11-18(2)3/h5-6,12-13H,7-11H2,1-4H3. The van der Waals surface area contributed by atoms with E-state index >= 15 is 0 Å². The Morgan fingerprint density at radius 3 is 2.65 bits per heavy atom. The summed E-state index contributed by atoms with van der Waals surface area (Å²) in [6, 6.07) is 4.52. The first kappa shape index (κ1) is 15.8. The first-order valence-corrected chi connectivity index (χ1v) is 8.65. The molecule has 0 aliphatic carbocycles. The van der Waals surface area contributed by atoms with Gasteiger partial charge in [-0.05, 0) is 57.7 Å². The minimum absolute atomic E-state index is 0.458. The van der Waals surface area contributed by atoms with Gasteiger partial charge in [0.2, 0.25) is 0 Å². The van der Waals surface area contributed by atoms with Crippen LogP contribution in [0.2, 0.25) is 0 Å². The van der Waals surface area contributed by atoms with Crippen molar-refractivity contribution < 1.29 is 4.74 Å². The van der Waals surface area contributed by atoms with Crippen molar-refractivity contribution in [3.63, 3.8) is 0 Å². The summed E-state index contributed by atoms with van der Waals surface area (Å²) in [6.07, 6.45) is 4.39. The highest BCUT2D eigenvalue weighted by Gasteiger charge is 2.21. The number of pyridine rings is 1. The van der Waals surface area contributed by atoms with Crippen LogP contribution < -0.4 is 0 Å². The molecule has 0 amide bonds. The normalized spacial score (nSPS) is 18.4. The quantitative estimate of drug-likeness (QED) is 0.830. The Hall–Kier alpha value is -0.580. The summed E-state index contributed by atoms with van der Waals surface area (Å²) in [5.74, 6) is 0.616. The number of aromatic nitrogens is 1. The van der Waals surface area contributed by atoms with E-state index in [2.05, 4.69) is 44.3 Å². The molecule has 2 heterocycles. The molecule has 20 heavy (non-hydrogen) atoms. The van der Waals surface area contributed by atoms with E-state index in [1.165, 1.54) is 17.0 Å². The van der Waals surface area contributed by atoms with Gasteiger partial charge in [-0.2, -0.15) is 11.8 Å². The maximum Gasteiger partial charge on any atom is 0.0582 e. The van der Waals surface area contributed by atoms with Crippen LogP contribution in [0.4, 0.5) is 0 Å². The summed E-state index contributed by atoms with van der Waals surface area (Å²) >= 11 is 1.85. The van der Waals surface area contributed by atoms with Crippen LogP contribution >= 0.6 is 11.8 Å². The predicted molar refractivity (Wildman–Crippen MR) is 86.4 cm³/mol. The van der Waals surface area contributed by atoms with E-state index in [0.717, 1.165) is 32.6 Å². The van der Waals surface area contributed by atoms with Crippen LogP contribution in [-0.4, -0.2) is 43.4 Å². The zero-order valence-corrected chi connectivity index (χ0v) is 13.9. The summed E-state index contributed by atoms with van der Waals surface area (Å²) in [7, 11) is 4.22. The van der Waals surface area contributed by atoms with Crippen LogP contribution in [0.3, 0.4) is 0 Å². The van der Waals surface area contributed by atoms with Crippen molar-refractivity contribution in [3.8, 4) is 0 Å². The Balaban J connectivity index is 2.29. The van der Waals surface area contributed by atoms with Crippen molar-refractivity contribution in [3.05, 3.63) is 29.1 Å². The van der Waals surface area contributed by atoms with E-state index in [0.29, 0.717) is 11.2 Å². The molecule has 4 heteroatoms. The highest BCUT2D eigenvalue weighted by molar-refractivity contribution is 7.98. The third-order valence-corrected chi connectivity index (χ3v) is 4.88. The molecule has 1 aliphatic heterocycles. The van der Waals surface area contributed by atoms with Gasteiger partial charge in [-0.3, -0.25) is 4.98 Å². The highest BCUT2D eigenvalue weighted by atomic mass is 32.2. The number of thioether (sulfide) groups is 1. The average Bonchev–Trinajstić information content (AvgIpc) is 2.46. The van der Waals surface area contributed by atoms with Crippen molar-refractivity contribution in [2.45, 2.75) is 37.5 Å². The Morgan fingerprint density at radius 1 is 1.35 bits per heavy atom. The smallest absolute Gasteiger partial charge is 0.0582 e. The lowest BCUT2D eigenvalue weighted by atomic mass is 9.90. The number of nitrogens with zero attached hydrogens (tertiary/aromatic N) is 2. The van der Waals surface area contributed by atoms with Crippen LogP contribution in [0, 0.1) is 0 Å². The van der Waals surface area contributed by atoms with Crippen LogP contribution in [0.15, 0.2) is 12.1 Å². The lowest BCUT2D eigenvalue weighted by Gasteiger charge is -2.26. The Labute approximate surface area is 127 Å². The van der Waals surface area contributed by atoms with Gasteiger partial charge in [-0.15, -0.1) is 0 Å². The van der Waals surface area contributed by atoms with E-state index in [4.69, 9.17) is 9.72 Å². The summed E-state index contributed by atoms with van der Waals surface area (Å²) in [5, 5.41) is 0.458. The SMILES string of the molecule is CSC(C)c1ccc(C2CCOCC2)c(CN(C)C)n1. The van der Waals surface area contributed by atoms with E-state index in [1.807, 2.05) is 11.8 Å². The molecule has 1 unspecified atom stereocenters. The predicted octanol–water partition coefficient (Wildman–Crippen LogP) is 3.46. The molecule has 0 N–H and O–H groups in total. The molecule has 1 saturated heterocycles. The van der Waals surface area contributed by atoms with E-state index in [9.17, 15) is 0 Å². The Morgan fingerprint density at radius 2 is 2.05 bits per heavy atom. The fraction of sp³-hybridized carbons (Fsp3) is 0.688. The van der Waals surface area contributed by atoms with Crippen molar-refractivity contribution >= 4 is 11.8 Å². The van der Waals surface area contributed by atoms with Gasteiger partial charge in [0.15, 0.2) is 0 Å². The van der Waals surface area contributed by atoms with E-state index in [1.54, 1.807) is 0 Å². The number of hydrogen-bond acceptors (Lipinski definition) is 4. The average molecular weight is 294 g/mol. The molecule has 0 radical (unpaired) electrons. The number of hydrogen-bond donors (Lipinski definition) is 0. The molecule has 0 saturated carbocycles. The highest BCUT2D eigenvalue weighted by Crippen LogP contribution is 2.32. The second-order valence-electron chi connectivity index (χ2n) is 5.77. The summed E-state index contributed by atoms with van der Waals surface area (Å²) < 4.78 is 5.49. The summed E-state index contributed by atoms with van der Waals surface area (Å²) in [5.41, 5.74) is 3.88. The molecule has 2 rings (SSSR count). The van der Waals surface area contributed by atoms with Crippen LogP contribution in [0.5, 0.6) is 0 Å². The molecule has 1 aromatic heterocycles. The molecule has 0 aromatic carbocycles. The van der Waals surface area contributed by atoms with Crippen molar-refractivity contribution in [2.75, 3.05) is 33.6 Å². The van der Waals surface area contributed by atoms with Crippen LogP contribution in [0.25, 0.3) is 0 Å². The van der Waals surface area contributed by atoms with Gasteiger partial charge in [-0.1, -0.05) is 6.07 Å². The summed E-state index contributed by atoms with van der Waals surface area (Å²) in [4.78, 5) is 7.16. The minimum atomic E-state index is 0.458. The largest absolute Gasteiger partial charge is 0.381 e. The zero-order valence-electron chi connectivity index (χ0n) is 13.1. The van der Waals surface area contributed by atoms with Gasteiger partial charge in [-0.25, -0.2) is 0 Å². The Bertz CT molecular complexity index is 430. The topological polar surface area (TPSA) is 25.4 Å². The van der Waals surface area contributed by atoms with Crippen LogP contribution in [-0.2, 0) is 11.3 Å². The Kier molecular flexibility index (Phi) is 5.87. The van der Waals surface area contributed by atoms with Gasteiger partial charge < -0.3 is 9.64 Å². The van der Waals surface area contributed by atoms with Gasteiger partial charge in [0, 0.05) is 25.0 Å². The second kappa shape index (κ2) is 7.43. The first-order chi connectivity index (χ1) is 9.61. The molecule has 3 nitrogen and oxygen atoms in total. The van der Waals surface area contributed by atoms with Crippen molar-refractivity contribution in [1.82, 2.24) is 9.88 Å². The molecule has 112 valence electrons. The van der Waals surface area contributed by atoms with Crippen LogP contribution in [0.1, 0.15) is 47.9 Å². The maximum absolute atomic E-state index is 5.49. The second-order valence-corrected chi connectivity index (χ2v) is 6.95. The number of ether oxygens (including phenoxy) is 1. The van der Waals surface area contributed by atoms with Gasteiger partial charge in [0.1, 0.15) is 0 Å². The number of rotatable bonds is 5. The molecular weight excluding hydrogens is 268 g/mol. The first-order valence-electron chi connectivity index (χ1n) is 7.36. The van der Waals surface area contributed by atoms with Crippen molar-refractivity contribution in [2.24, 2.45) is 0 Å². The third kappa shape index (κ3) is 3.96. The van der Waals surface area contributed by atoms with Crippen molar-refractivity contribution in [1.29, 1.82) is 0 Å². The lowest BCUT2D eigenvalue weighted by Crippen LogP contribution is -2.20. The van der Waals surface area contributed by atoms with Gasteiger partial charge >= 0.3 is 0 Å². The fourth-order valence-electron chi connectivity index (χ4n) is 2.68. The van der Waals surface area contributed by atoms with E-state index < -0.39 is 0 Å². The monoisotopic (exact) mass is 294 g/mol. The molecule has 0 spiro atoms. The van der Waals surface area contributed by atoms with Gasteiger partial charge in [0.05, 0.1) is 11.4 Å². The maximum atomic E-state index is 5.49. The zero-order chi connectivity index (χ0) is 14.5. The molecule has 1 fully saturated rings. The molecule has 1 aliphatic rings. The summed E-state index contributed by atoms with van der Waals surface area (Å²) in [6.45, 7) is 4.91. The molecule has 0 bridgehead atoms. The molecule has 1 atom stereocenters. The minimum Gasteiger partial charge on any atom is -0.381 e. The fourth-order valence-corrected chi connectivity index (χ4v) is 3.06.